The molecule has 0 aromatic carbocycles. The summed E-state index contributed by atoms with van der Waals surface area (Å²) in [5, 5.41) is 20.8. The van der Waals surface area contributed by atoms with Gasteiger partial charge in [0.25, 0.3) is 0 Å². The van der Waals surface area contributed by atoms with Crippen molar-refractivity contribution in [3.8, 4) is 0 Å². The van der Waals surface area contributed by atoms with Crippen LogP contribution in [0.25, 0.3) is 0 Å². The number of carbonyl (C=O) groups is 3. The topological polar surface area (TPSA) is 231 Å². The minimum Gasteiger partial charge on any atom is -0.463 e. The van der Waals surface area contributed by atoms with Gasteiger partial charge in [0.05, 0.1) is 26.4 Å². The van der Waals surface area contributed by atoms with E-state index in [0.717, 1.165) is 141 Å². The molecule has 0 bridgehead atoms. The highest BCUT2D eigenvalue weighted by atomic mass is 31.2. The number of rotatable bonds is 106. The summed E-state index contributed by atoms with van der Waals surface area (Å²) in [6.07, 6.45) is 142. The number of phosphoric acid groups is 2. The first-order valence-corrected chi connectivity index (χ1v) is 58.8. The molecule has 0 fully saturated rings. The Morgan fingerprint density at radius 1 is 0.215 bits per heavy atom. The van der Waals surface area contributed by atoms with Crippen molar-refractivity contribution in [3.63, 3.8) is 0 Å². The van der Waals surface area contributed by atoms with Crippen molar-refractivity contribution in [2.75, 3.05) is 39.6 Å². The lowest BCUT2D eigenvalue weighted by Gasteiger charge is -2.21. The van der Waals surface area contributed by atoms with E-state index in [9.17, 15) is 43.5 Å². The number of aliphatic hydroxyl groups excluding tert-OH is 2. The predicted octanol–water partition coefficient (Wildman–Crippen LogP) is 35.9. The third kappa shape index (κ3) is 109. The second kappa shape index (κ2) is 108. The minimum atomic E-state index is -4.95. The van der Waals surface area contributed by atoms with Gasteiger partial charge < -0.3 is 34.2 Å². The largest absolute Gasteiger partial charge is 0.472 e. The van der Waals surface area contributed by atoms with E-state index in [1.54, 1.807) is 0 Å². The van der Waals surface area contributed by atoms with Gasteiger partial charge in [-0.2, -0.15) is 0 Å². The molecule has 0 aromatic heterocycles. The summed E-state index contributed by atoms with van der Waals surface area (Å²) in [6, 6.07) is 0. The zero-order chi connectivity index (χ0) is 97.8. The molecule has 5 unspecified atom stereocenters. The van der Waals surface area contributed by atoms with Crippen molar-refractivity contribution >= 4 is 33.6 Å². The lowest BCUT2D eigenvalue weighted by molar-refractivity contribution is -0.161. The number of hydrogen-bond acceptors (Lipinski definition) is 14. The summed E-state index contributed by atoms with van der Waals surface area (Å²) in [7, 11) is -9.82. The van der Waals surface area contributed by atoms with E-state index >= 15 is 0 Å². The molecule has 16 nitrogen and oxygen atoms in total. The van der Waals surface area contributed by atoms with Gasteiger partial charge in [-0.3, -0.25) is 32.5 Å². The lowest BCUT2D eigenvalue weighted by atomic mass is 10.0. The van der Waals surface area contributed by atoms with Crippen LogP contribution in [0.15, 0.2) is 158 Å². The molecule has 0 aliphatic carbocycles. The standard InChI is InChI=1S/C117H206O16P2/c1-4-7-10-13-16-19-22-25-28-31-34-37-40-43-46-49-51-53-55-57-59-62-64-67-70-73-76-79-82-85-88-91-94-97-100-103-115(120)127-106-112(118)107-129-134(123,124)130-108-113(119)109-131-135(125,126)132-111-114(133-117(122)105-102-99-96-93-90-87-84-81-78-75-72-69-66-61-48-45-42-39-36-33-30-27-24-21-18-15-12-9-6-3)110-128-116(121)104-101-98-95-92-89-86-83-80-77-74-71-68-65-63-60-58-56-54-52-50-47-44-41-38-35-32-29-26-23-20-17-14-11-8-5-2/h7,10,16-21,25-30,34-39,43-48,112-114,118-119H,4-6,8-9,11-15,22-24,31-33,40-42,49-111H2,1-3H3,(H,123,124)(H,125,126)/b10-7-,19-16-,20-17-,21-18-,28-25-,29-26-,30-27-,37-34-,38-35-,39-36-,46-43-,47-44-,48-45-. The van der Waals surface area contributed by atoms with E-state index in [0.29, 0.717) is 19.3 Å². The molecule has 0 rings (SSSR count). The molecule has 0 saturated heterocycles. The van der Waals surface area contributed by atoms with Gasteiger partial charge in [-0.05, 0) is 154 Å². The van der Waals surface area contributed by atoms with Crippen LogP contribution in [0.3, 0.4) is 0 Å². The molecule has 0 aliphatic rings. The summed E-state index contributed by atoms with van der Waals surface area (Å²) in [5.41, 5.74) is 0. The Labute approximate surface area is 829 Å². The summed E-state index contributed by atoms with van der Waals surface area (Å²) < 4.78 is 61.9. The minimum absolute atomic E-state index is 0.103. The predicted molar refractivity (Wildman–Crippen MR) is 574 cm³/mol. The van der Waals surface area contributed by atoms with Gasteiger partial charge in [-0.1, -0.05) is 493 Å². The highest BCUT2D eigenvalue weighted by Crippen LogP contribution is 2.45. The maximum Gasteiger partial charge on any atom is 0.472 e. The van der Waals surface area contributed by atoms with E-state index in [2.05, 4.69) is 179 Å². The third-order valence-corrected chi connectivity index (χ3v) is 26.1. The Kier molecular flexibility index (Phi) is 104. The molecule has 5 atom stereocenters. The number of allylic oxidation sites excluding steroid dienone is 26. The SMILES string of the molecule is CC/C=C\C/C=C\C/C=C\C/C=C\C/C=C\CCCCCCCCCCCCCCCCCCCCCC(=O)OCC(O)COP(=O)(O)OCC(O)COP(=O)(O)OCC(COC(=O)CCCCCCCCCCCCCCCCCCCCC/C=C\C/C=C\C/C=C\C/C=C\CCCCC)OC(=O)CCCCCCCCCCCCCCC/C=C\C/C=C\C/C=C\C/C=C\CCCCC. The number of esters is 3. The van der Waals surface area contributed by atoms with Crippen LogP contribution in [0.1, 0.15) is 509 Å². The van der Waals surface area contributed by atoms with Gasteiger partial charge in [0.1, 0.15) is 25.4 Å². The van der Waals surface area contributed by atoms with Crippen LogP contribution in [0.4, 0.5) is 0 Å². The number of aliphatic hydroxyl groups is 2. The monoisotopic (exact) mass is 1930 g/mol. The number of phosphoric ester groups is 2. The summed E-state index contributed by atoms with van der Waals surface area (Å²) in [6.45, 7) is 2.62. The zero-order valence-corrected chi connectivity index (χ0v) is 88.6. The first-order valence-electron chi connectivity index (χ1n) is 55.8. The molecule has 0 heterocycles. The molecular weight excluding hydrogens is 1720 g/mol. The average Bonchev–Trinajstić information content (AvgIpc) is 0.895. The lowest BCUT2D eigenvalue weighted by Crippen LogP contribution is -2.30. The summed E-state index contributed by atoms with van der Waals surface area (Å²) in [5.74, 6) is -1.55. The van der Waals surface area contributed by atoms with Crippen LogP contribution in [-0.2, 0) is 55.8 Å². The van der Waals surface area contributed by atoms with E-state index < -0.39 is 91.5 Å². The molecular formula is C117H206O16P2. The van der Waals surface area contributed by atoms with Gasteiger partial charge in [0, 0.05) is 19.3 Å². The van der Waals surface area contributed by atoms with Crippen LogP contribution in [0, 0.1) is 0 Å². The number of hydrogen-bond donors (Lipinski definition) is 4. The average molecular weight is 1930 g/mol. The van der Waals surface area contributed by atoms with Gasteiger partial charge in [-0.15, -0.1) is 0 Å². The molecule has 0 amide bonds. The molecule has 0 aromatic rings. The van der Waals surface area contributed by atoms with Gasteiger partial charge in [0.15, 0.2) is 6.10 Å². The number of unbranched alkanes of at least 4 members (excludes halogenated alkanes) is 57. The Morgan fingerprint density at radius 2 is 0.393 bits per heavy atom. The first-order chi connectivity index (χ1) is 66.2. The Bertz CT molecular complexity index is 3090. The fourth-order valence-corrected chi connectivity index (χ4v) is 17.4. The van der Waals surface area contributed by atoms with E-state index in [4.69, 9.17) is 32.3 Å². The molecule has 0 spiro atoms. The van der Waals surface area contributed by atoms with Crippen LogP contribution in [0.5, 0.6) is 0 Å². The second-order valence-electron chi connectivity index (χ2n) is 37.4. The van der Waals surface area contributed by atoms with Crippen molar-refractivity contribution in [1.82, 2.24) is 0 Å². The van der Waals surface area contributed by atoms with Crippen molar-refractivity contribution in [2.45, 2.75) is 527 Å². The van der Waals surface area contributed by atoms with E-state index in [1.807, 2.05) is 0 Å². The Hall–Kier alpha value is -4.83. The number of carbonyl (C=O) groups excluding carboxylic acids is 3. The van der Waals surface area contributed by atoms with Crippen LogP contribution < -0.4 is 0 Å². The first kappa shape index (κ1) is 130. The molecule has 4 N–H and O–H groups in total. The summed E-state index contributed by atoms with van der Waals surface area (Å²) >= 11 is 0. The maximum absolute atomic E-state index is 13.2. The van der Waals surface area contributed by atoms with Crippen molar-refractivity contribution in [3.05, 3.63) is 158 Å². The van der Waals surface area contributed by atoms with Crippen LogP contribution in [-0.4, -0.2) is 95.9 Å². The summed E-state index contributed by atoms with van der Waals surface area (Å²) in [4.78, 5) is 59.4. The normalized spacial score (nSPS) is 14.2. The fraction of sp³-hybridized carbons (Fsp3) is 0.752. The van der Waals surface area contributed by atoms with Crippen molar-refractivity contribution in [1.29, 1.82) is 0 Å². The van der Waals surface area contributed by atoms with Gasteiger partial charge in [0.2, 0.25) is 0 Å². The van der Waals surface area contributed by atoms with Crippen LogP contribution in [0.2, 0.25) is 0 Å². The Morgan fingerprint density at radius 3 is 0.622 bits per heavy atom. The molecule has 18 heteroatoms. The van der Waals surface area contributed by atoms with Gasteiger partial charge in [-0.25, -0.2) is 9.13 Å². The smallest absolute Gasteiger partial charge is 0.463 e. The van der Waals surface area contributed by atoms with Crippen molar-refractivity contribution in [2.24, 2.45) is 0 Å². The van der Waals surface area contributed by atoms with Crippen molar-refractivity contribution < 1.29 is 75.8 Å². The third-order valence-electron chi connectivity index (χ3n) is 24.2. The second-order valence-corrected chi connectivity index (χ2v) is 40.3. The molecule has 0 saturated carbocycles. The van der Waals surface area contributed by atoms with Crippen LogP contribution >= 0.6 is 15.6 Å². The maximum atomic E-state index is 13.2. The highest BCUT2D eigenvalue weighted by Gasteiger charge is 2.30. The molecule has 780 valence electrons. The van der Waals surface area contributed by atoms with E-state index in [-0.39, 0.29) is 19.3 Å². The molecule has 0 radical (unpaired) electrons. The van der Waals surface area contributed by atoms with Gasteiger partial charge >= 0.3 is 33.6 Å². The molecule has 135 heavy (non-hydrogen) atoms. The molecule has 0 aliphatic heterocycles. The Balaban J connectivity index is 4.57. The quantitative estimate of drug-likeness (QED) is 0.0146. The fourth-order valence-electron chi connectivity index (χ4n) is 15.8. The zero-order valence-electron chi connectivity index (χ0n) is 86.8. The van der Waals surface area contributed by atoms with E-state index in [1.165, 1.54) is 308 Å². The highest BCUT2D eigenvalue weighted by molar-refractivity contribution is 7.47. The number of ether oxygens (including phenoxy) is 3.